The number of carbonyl (C=O) groups is 1. The quantitative estimate of drug-likeness (QED) is 0.239. The summed E-state index contributed by atoms with van der Waals surface area (Å²) in [5.41, 5.74) is 3.75. The van der Waals surface area contributed by atoms with Crippen molar-refractivity contribution < 1.29 is 9.53 Å². The fourth-order valence-electron chi connectivity index (χ4n) is 4.88. The van der Waals surface area contributed by atoms with Crippen LogP contribution in [0.5, 0.6) is 0 Å². The van der Waals surface area contributed by atoms with E-state index in [-0.39, 0.29) is 17.7 Å². The van der Waals surface area contributed by atoms with Gasteiger partial charge in [-0.25, -0.2) is 9.79 Å². The van der Waals surface area contributed by atoms with Gasteiger partial charge in [-0.05, 0) is 70.7 Å². The number of ether oxygens (including phenoxy) is 1. The maximum absolute atomic E-state index is 14.0. The maximum atomic E-state index is 14.0. The molecule has 2 aromatic carbocycles. The van der Waals surface area contributed by atoms with Crippen LogP contribution in [0.15, 0.2) is 80.7 Å². The molecule has 0 saturated carbocycles. The largest absolute Gasteiger partial charge is 0.459 e. The average Bonchev–Trinajstić information content (AvgIpc) is 3.40. The van der Waals surface area contributed by atoms with Gasteiger partial charge in [0.05, 0.1) is 27.9 Å². The number of thiazole rings is 1. The minimum absolute atomic E-state index is 0.170. The van der Waals surface area contributed by atoms with Gasteiger partial charge in [-0.3, -0.25) is 9.36 Å². The highest BCUT2D eigenvalue weighted by Crippen LogP contribution is 2.32. The van der Waals surface area contributed by atoms with Gasteiger partial charge >= 0.3 is 5.97 Å². The van der Waals surface area contributed by atoms with Gasteiger partial charge in [-0.2, -0.15) is 0 Å². The number of thioether (sulfide) groups is 1. The Labute approximate surface area is 230 Å². The Balaban J connectivity index is 1.73. The molecule has 0 spiro atoms. The minimum Gasteiger partial charge on any atom is -0.459 e. The van der Waals surface area contributed by atoms with Crippen molar-refractivity contribution in [3.8, 4) is 0 Å². The zero-order valence-corrected chi connectivity index (χ0v) is 24.0. The van der Waals surface area contributed by atoms with Crippen molar-refractivity contribution in [3.05, 3.63) is 96.8 Å². The zero-order valence-electron chi connectivity index (χ0n) is 22.4. The van der Waals surface area contributed by atoms with E-state index >= 15 is 0 Å². The second kappa shape index (κ2) is 10.4. The van der Waals surface area contributed by atoms with Crippen molar-refractivity contribution in [1.29, 1.82) is 0 Å². The van der Waals surface area contributed by atoms with E-state index in [9.17, 15) is 9.59 Å². The Hall–Kier alpha value is -3.36. The Kier molecular flexibility index (Phi) is 7.20. The van der Waals surface area contributed by atoms with Crippen molar-refractivity contribution in [1.82, 2.24) is 9.13 Å². The lowest BCUT2D eigenvalue weighted by atomic mass is 9.96. The summed E-state index contributed by atoms with van der Waals surface area (Å²) >= 11 is 2.99. The molecule has 38 heavy (non-hydrogen) atoms. The molecule has 1 aliphatic heterocycles. The number of para-hydroxylation sites is 1. The summed E-state index contributed by atoms with van der Waals surface area (Å²) in [5, 5.41) is 1.09. The van der Waals surface area contributed by atoms with E-state index in [4.69, 9.17) is 9.73 Å². The summed E-state index contributed by atoms with van der Waals surface area (Å²) in [4.78, 5) is 33.7. The molecular weight excluding hydrogens is 514 g/mol. The molecule has 1 atom stereocenters. The first-order valence-corrected chi connectivity index (χ1v) is 14.7. The van der Waals surface area contributed by atoms with Gasteiger partial charge in [0.25, 0.3) is 5.56 Å². The van der Waals surface area contributed by atoms with Crippen LogP contribution in [0.3, 0.4) is 0 Å². The van der Waals surface area contributed by atoms with Crippen molar-refractivity contribution in [2.45, 2.75) is 57.7 Å². The van der Waals surface area contributed by atoms with Gasteiger partial charge < -0.3 is 9.30 Å². The molecule has 6 nitrogen and oxygen atoms in total. The van der Waals surface area contributed by atoms with Crippen LogP contribution in [-0.4, -0.2) is 27.5 Å². The van der Waals surface area contributed by atoms with E-state index in [2.05, 4.69) is 36.7 Å². The standard InChI is InChI=1S/C30H31N3O3S2/c1-17(2)32-16-21(23-9-7-8-10-24(23)32)15-25-28(34)33-27(20-11-13-22(37-6)14-12-20)26(29(35)36-18(3)4)19(5)31-30(33)38-25/h7-18,27H,1-6H3/b25-15-/t27-/m1/s1. The van der Waals surface area contributed by atoms with Gasteiger partial charge in [0.2, 0.25) is 0 Å². The van der Waals surface area contributed by atoms with Crippen molar-refractivity contribution in [2.24, 2.45) is 4.99 Å². The lowest BCUT2D eigenvalue weighted by molar-refractivity contribution is -0.143. The van der Waals surface area contributed by atoms with E-state index in [1.54, 1.807) is 16.3 Å². The molecule has 0 radical (unpaired) electrons. The topological polar surface area (TPSA) is 65.6 Å². The molecule has 0 bridgehead atoms. The van der Waals surface area contributed by atoms with Crippen molar-refractivity contribution in [2.75, 3.05) is 6.26 Å². The van der Waals surface area contributed by atoms with Gasteiger partial charge in [-0.1, -0.05) is 41.7 Å². The minimum atomic E-state index is -0.618. The summed E-state index contributed by atoms with van der Waals surface area (Å²) in [6.45, 7) is 9.74. The first-order valence-electron chi connectivity index (χ1n) is 12.7. The first kappa shape index (κ1) is 26.3. The summed E-state index contributed by atoms with van der Waals surface area (Å²) in [5.74, 6) is -0.450. The SMILES string of the molecule is CSc1ccc([C@@H]2C(C(=O)OC(C)C)=C(C)N=c3s/c(=C\c4cn(C(C)C)c5ccccc45)c(=O)n32)cc1. The highest BCUT2D eigenvalue weighted by atomic mass is 32.2. The lowest BCUT2D eigenvalue weighted by Crippen LogP contribution is -2.40. The number of hydrogen-bond acceptors (Lipinski definition) is 6. The fraction of sp³-hybridized carbons (Fsp3) is 0.300. The third-order valence-corrected chi connectivity index (χ3v) is 8.36. The summed E-state index contributed by atoms with van der Waals surface area (Å²) < 4.78 is 10.0. The van der Waals surface area contributed by atoms with Crippen LogP contribution < -0.4 is 14.9 Å². The molecule has 8 heteroatoms. The maximum Gasteiger partial charge on any atom is 0.338 e. The monoisotopic (exact) mass is 545 g/mol. The smallest absolute Gasteiger partial charge is 0.338 e. The molecule has 0 unspecified atom stereocenters. The predicted molar refractivity (Wildman–Crippen MR) is 156 cm³/mol. The van der Waals surface area contributed by atoms with Crippen LogP contribution >= 0.6 is 23.1 Å². The Bertz CT molecular complexity index is 1740. The number of aromatic nitrogens is 2. The summed E-state index contributed by atoms with van der Waals surface area (Å²) in [7, 11) is 0. The van der Waals surface area contributed by atoms with E-state index in [1.807, 2.05) is 69.5 Å². The number of nitrogens with zero attached hydrogens (tertiary/aromatic N) is 3. The van der Waals surface area contributed by atoms with E-state index in [1.165, 1.54) is 11.3 Å². The van der Waals surface area contributed by atoms with Crippen molar-refractivity contribution in [3.63, 3.8) is 0 Å². The molecule has 1 aliphatic rings. The second-order valence-corrected chi connectivity index (χ2v) is 11.8. The van der Waals surface area contributed by atoms with Crippen LogP contribution in [0.25, 0.3) is 17.0 Å². The van der Waals surface area contributed by atoms with Crippen LogP contribution in [0, 0.1) is 0 Å². The lowest BCUT2D eigenvalue weighted by Gasteiger charge is -2.25. The fourth-order valence-corrected chi connectivity index (χ4v) is 6.32. The molecule has 0 saturated heterocycles. The number of allylic oxidation sites excluding steroid dienone is 1. The van der Waals surface area contributed by atoms with E-state index in [0.717, 1.165) is 26.9 Å². The Morgan fingerprint density at radius 2 is 1.82 bits per heavy atom. The van der Waals surface area contributed by atoms with Crippen molar-refractivity contribution >= 4 is 46.0 Å². The van der Waals surface area contributed by atoms with Crippen LogP contribution in [0.4, 0.5) is 0 Å². The van der Waals surface area contributed by atoms with Crippen LogP contribution in [0.2, 0.25) is 0 Å². The van der Waals surface area contributed by atoms with Gasteiger partial charge in [0.1, 0.15) is 0 Å². The molecule has 196 valence electrons. The first-order chi connectivity index (χ1) is 18.2. The molecule has 3 heterocycles. The van der Waals surface area contributed by atoms with Crippen LogP contribution in [-0.2, 0) is 9.53 Å². The number of hydrogen-bond donors (Lipinski definition) is 0. The number of carbonyl (C=O) groups excluding carboxylic acids is 1. The van der Waals surface area contributed by atoms with Gasteiger partial charge in [0, 0.05) is 33.6 Å². The number of benzene rings is 2. The highest BCUT2D eigenvalue weighted by Gasteiger charge is 2.33. The number of esters is 1. The molecule has 0 N–H and O–H groups in total. The second-order valence-electron chi connectivity index (χ2n) is 9.91. The van der Waals surface area contributed by atoms with Gasteiger partial charge in [-0.15, -0.1) is 11.8 Å². The van der Waals surface area contributed by atoms with E-state index < -0.39 is 12.0 Å². The Morgan fingerprint density at radius 1 is 1.11 bits per heavy atom. The predicted octanol–water partition coefficient (Wildman–Crippen LogP) is 5.44. The zero-order chi connectivity index (χ0) is 27.1. The number of fused-ring (bicyclic) bond motifs is 2. The highest BCUT2D eigenvalue weighted by molar-refractivity contribution is 7.98. The normalized spacial score (nSPS) is 15.9. The number of rotatable bonds is 6. The third kappa shape index (κ3) is 4.67. The molecule has 0 fully saturated rings. The molecule has 0 aliphatic carbocycles. The molecular formula is C30H31N3O3S2. The molecule has 4 aromatic rings. The van der Waals surface area contributed by atoms with Crippen LogP contribution in [0.1, 0.15) is 57.8 Å². The molecule has 0 amide bonds. The summed E-state index contributed by atoms with van der Waals surface area (Å²) in [6, 6.07) is 15.9. The summed E-state index contributed by atoms with van der Waals surface area (Å²) in [6.07, 6.45) is 5.78. The molecule has 5 rings (SSSR count). The average molecular weight is 546 g/mol. The third-order valence-electron chi connectivity index (χ3n) is 6.63. The Morgan fingerprint density at radius 3 is 2.47 bits per heavy atom. The van der Waals surface area contributed by atoms with E-state index in [0.29, 0.717) is 20.6 Å². The molecule has 2 aromatic heterocycles. The van der Waals surface area contributed by atoms with Gasteiger partial charge in [0.15, 0.2) is 4.80 Å².